The minimum absolute atomic E-state index is 0.00940. The third-order valence-electron chi connectivity index (χ3n) is 4.17. The molecule has 0 bridgehead atoms. The van der Waals surface area contributed by atoms with Crippen LogP contribution >= 0.6 is 0 Å². The predicted molar refractivity (Wildman–Crippen MR) is 95.3 cm³/mol. The number of methoxy groups -OCH3 is 2. The van der Waals surface area contributed by atoms with E-state index in [9.17, 15) is 9.90 Å². The Balaban J connectivity index is 2.84. The van der Waals surface area contributed by atoms with Crippen molar-refractivity contribution >= 4 is 0 Å². The van der Waals surface area contributed by atoms with Gasteiger partial charge in [-0.3, -0.25) is 4.79 Å². The van der Waals surface area contributed by atoms with Crippen LogP contribution in [-0.2, 0) is 12.8 Å². The predicted octanol–water partition coefficient (Wildman–Crippen LogP) is 3.67. The number of unbranched alkanes of at least 4 members (excludes halogenated alkanes) is 1. The quantitative estimate of drug-likeness (QED) is 0.812. The van der Waals surface area contributed by atoms with E-state index in [1.54, 1.807) is 14.2 Å². The molecule has 0 aliphatic heterocycles. The van der Waals surface area contributed by atoms with E-state index in [-0.39, 0.29) is 11.3 Å². The first kappa shape index (κ1) is 17.9. The fourth-order valence-electron chi connectivity index (χ4n) is 2.91. The number of aromatic hydroxyl groups is 1. The van der Waals surface area contributed by atoms with E-state index in [0.29, 0.717) is 46.7 Å². The highest BCUT2D eigenvalue weighted by Gasteiger charge is 2.23. The second-order valence-corrected chi connectivity index (χ2v) is 5.63. The largest absolute Gasteiger partial charge is 0.507 e. The van der Waals surface area contributed by atoms with E-state index in [4.69, 9.17) is 9.47 Å². The van der Waals surface area contributed by atoms with Crippen LogP contribution in [-0.4, -0.2) is 24.3 Å². The van der Waals surface area contributed by atoms with E-state index in [1.807, 2.05) is 25.1 Å². The average Bonchev–Trinajstić information content (AvgIpc) is 2.59. The topological polar surface area (TPSA) is 71.6 Å². The summed E-state index contributed by atoms with van der Waals surface area (Å²) < 4.78 is 11.0. The minimum Gasteiger partial charge on any atom is -0.507 e. The molecule has 1 aromatic heterocycles. The Morgan fingerprint density at radius 2 is 1.71 bits per heavy atom. The molecular formula is C19H25NO4. The van der Waals surface area contributed by atoms with Crippen molar-refractivity contribution in [3.05, 3.63) is 39.8 Å². The number of pyridine rings is 1. The van der Waals surface area contributed by atoms with Crippen LogP contribution in [0.2, 0.25) is 0 Å². The fraction of sp³-hybridized carbons (Fsp3) is 0.421. The molecule has 1 heterocycles. The summed E-state index contributed by atoms with van der Waals surface area (Å²) in [6.07, 6.45) is 3.01. The third-order valence-corrected chi connectivity index (χ3v) is 4.17. The number of rotatable bonds is 7. The van der Waals surface area contributed by atoms with Crippen LogP contribution in [0.5, 0.6) is 17.2 Å². The molecule has 0 atom stereocenters. The van der Waals surface area contributed by atoms with Gasteiger partial charge < -0.3 is 19.6 Å². The molecule has 0 aliphatic rings. The molecule has 0 spiro atoms. The first-order chi connectivity index (χ1) is 11.6. The molecule has 2 rings (SSSR count). The monoisotopic (exact) mass is 331 g/mol. The number of ether oxygens (including phenoxy) is 2. The summed E-state index contributed by atoms with van der Waals surface area (Å²) in [6, 6.07) is 5.46. The van der Waals surface area contributed by atoms with E-state index in [1.165, 1.54) is 0 Å². The van der Waals surface area contributed by atoms with Crippen LogP contribution in [0.1, 0.15) is 37.9 Å². The molecule has 0 radical (unpaired) electrons. The average molecular weight is 331 g/mol. The maximum atomic E-state index is 12.3. The fourth-order valence-corrected chi connectivity index (χ4v) is 2.91. The highest BCUT2D eigenvalue weighted by atomic mass is 16.5. The molecule has 5 heteroatoms. The van der Waals surface area contributed by atoms with E-state index >= 15 is 0 Å². The van der Waals surface area contributed by atoms with Crippen LogP contribution in [0.25, 0.3) is 11.1 Å². The Morgan fingerprint density at radius 3 is 2.21 bits per heavy atom. The van der Waals surface area contributed by atoms with Crippen molar-refractivity contribution in [2.45, 2.75) is 39.5 Å². The van der Waals surface area contributed by atoms with Crippen molar-refractivity contribution in [3.63, 3.8) is 0 Å². The van der Waals surface area contributed by atoms with E-state index in [0.717, 1.165) is 12.8 Å². The number of hydrogen-bond donors (Lipinski definition) is 2. The van der Waals surface area contributed by atoms with Crippen molar-refractivity contribution < 1.29 is 14.6 Å². The Morgan fingerprint density at radius 1 is 1.08 bits per heavy atom. The van der Waals surface area contributed by atoms with Crippen LogP contribution in [0.15, 0.2) is 23.0 Å². The molecule has 0 saturated carbocycles. The molecule has 0 aliphatic carbocycles. The molecule has 0 fully saturated rings. The van der Waals surface area contributed by atoms with Crippen LogP contribution in [0.4, 0.5) is 0 Å². The number of H-pyrrole nitrogens is 1. The summed E-state index contributed by atoms with van der Waals surface area (Å²) in [4.78, 5) is 15.2. The van der Waals surface area contributed by atoms with Gasteiger partial charge >= 0.3 is 0 Å². The van der Waals surface area contributed by atoms with Crippen molar-refractivity contribution in [1.29, 1.82) is 0 Å². The lowest BCUT2D eigenvalue weighted by Gasteiger charge is -2.18. The summed E-state index contributed by atoms with van der Waals surface area (Å²) in [5.41, 5.74) is 2.10. The third kappa shape index (κ3) is 3.25. The second-order valence-electron chi connectivity index (χ2n) is 5.63. The summed E-state index contributed by atoms with van der Waals surface area (Å²) in [6.45, 7) is 3.93. The van der Waals surface area contributed by atoms with Crippen LogP contribution < -0.4 is 15.0 Å². The first-order valence-electron chi connectivity index (χ1n) is 8.27. The van der Waals surface area contributed by atoms with Crippen molar-refractivity contribution in [1.82, 2.24) is 4.98 Å². The van der Waals surface area contributed by atoms with E-state index < -0.39 is 0 Å². The number of hydrogen-bond acceptors (Lipinski definition) is 4. The smallest absolute Gasteiger partial charge is 0.255 e. The van der Waals surface area contributed by atoms with Gasteiger partial charge in [-0.1, -0.05) is 26.3 Å². The lowest BCUT2D eigenvalue weighted by molar-refractivity contribution is 0.396. The first-order valence-corrected chi connectivity index (χ1v) is 8.27. The SMILES string of the molecule is CCCCc1[nH]c(=O)c(CC)c(O)c1-c1c(OC)cccc1OC. The maximum absolute atomic E-state index is 12.3. The van der Waals surface area contributed by atoms with Gasteiger partial charge in [0.2, 0.25) is 0 Å². The van der Waals surface area contributed by atoms with Crippen molar-refractivity contribution in [2.75, 3.05) is 14.2 Å². The van der Waals surface area contributed by atoms with Gasteiger partial charge in [-0.05, 0) is 31.4 Å². The zero-order valence-corrected chi connectivity index (χ0v) is 14.7. The molecule has 2 N–H and O–H groups in total. The zero-order valence-electron chi connectivity index (χ0n) is 14.7. The molecule has 0 amide bonds. The second kappa shape index (κ2) is 7.90. The summed E-state index contributed by atoms with van der Waals surface area (Å²) in [5, 5.41) is 10.8. The van der Waals surface area contributed by atoms with Crippen molar-refractivity contribution in [2.24, 2.45) is 0 Å². The Kier molecular flexibility index (Phi) is 5.90. The molecule has 24 heavy (non-hydrogen) atoms. The standard InChI is InChI=1S/C19H25NO4/c1-5-7-9-13-16(18(21)12(6-2)19(22)20-13)17-14(23-3)10-8-11-15(17)24-4/h8,10-11H,5-7,9H2,1-4H3,(H2,20,21,22). The minimum atomic E-state index is -0.237. The summed E-state index contributed by atoms with van der Waals surface area (Å²) in [5.74, 6) is 1.20. The Hall–Kier alpha value is -2.43. The molecule has 0 unspecified atom stereocenters. The van der Waals surface area contributed by atoms with E-state index in [2.05, 4.69) is 11.9 Å². The normalized spacial score (nSPS) is 10.7. The van der Waals surface area contributed by atoms with Gasteiger partial charge in [-0.25, -0.2) is 0 Å². The number of aromatic amines is 1. The van der Waals surface area contributed by atoms with Crippen LogP contribution in [0, 0.1) is 0 Å². The number of benzene rings is 1. The number of aryl methyl sites for hydroxylation is 1. The van der Waals surface area contributed by atoms with Gasteiger partial charge in [-0.2, -0.15) is 0 Å². The molecular weight excluding hydrogens is 306 g/mol. The van der Waals surface area contributed by atoms with Gasteiger partial charge in [0.15, 0.2) is 0 Å². The molecule has 2 aromatic rings. The van der Waals surface area contributed by atoms with Crippen LogP contribution in [0.3, 0.4) is 0 Å². The molecule has 5 nitrogen and oxygen atoms in total. The Bertz CT molecular complexity index is 742. The maximum Gasteiger partial charge on any atom is 0.255 e. The highest BCUT2D eigenvalue weighted by molar-refractivity contribution is 5.83. The Labute approximate surface area is 142 Å². The molecule has 1 aromatic carbocycles. The van der Waals surface area contributed by atoms with Crippen molar-refractivity contribution in [3.8, 4) is 28.4 Å². The van der Waals surface area contributed by atoms with Gasteiger partial charge in [0.25, 0.3) is 5.56 Å². The zero-order chi connectivity index (χ0) is 17.7. The highest BCUT2D eigenvalue weighted by Crippen LogP contribution is 2.44. The lowest BCUT2D eigenvalue weighted by Crippen LogP contribution is -2.16. The lowest BCUT2D eigenvalue weighted by atomic mass is 9.95. The number of nitrogens with one attached hydrogen (secondary N) is 1. The summed E-state index contributed by atoms with van der Waals surface area (Å²) in [7, 11) is 3.15. The van der Waals surface area contributed by atoms with Gasteiger partial charge in [0, 0.05) is 5.69 Å². The summed E-state index contributed by atoms with van der Waals surface area (Å²) >= 11 is 0. The van der Waals surface area contributed by atoms with Gasteiger partial charge in [-0.15, -0.1) is 0 Å². The molecule has 130 valence electrons. The number of aromatic nitrogens is 1. The van der Waals surface area contributed by atoms with Gasteiger partial charge in [0.1, 0.15) is 17.2 Å². The molecule has 0 saturated heterocycles. The van der Waals surface area contributed by atoms with Gasteiger partial charge in [0.05, 0.1) is 30.9 Å².